The topological polar surface area (TPSA) is 21.3 Å². The van der Waals surface area contributed by atoms with E-state index in [0.29, 0.717) is 0 Å². The number of nitrogens with one attached hydrogen (secondary N) is 1. The molecule has 3 unspecified atom stereocenters. The van der Waals surface area contributed by atoms with E-state index in [2.05, 4.69) is 12.2 Å². The Bertz CT molecular complexity index is 279. The van der Waals surface area contributed by atoms with Gasteiger partial charge in [0.2, 0.25) is 0 Å². The summed E-state index contributed by atoms with van der Waals surface area (Å²) in [5.74, 6) is 1.85. The van der Waals surface area contributed by atoms with Crippen LogP contribution in [0.1, 0.15) is 71.1 Å². The van der Waals surface area contributed by atoms with Crippen LogP contribution in [0.2, 0.25) is 0 Å². The molecule has 2 saturated heterocycles. The minimum absolute atomic E-state index is 0.280. The minimum Gasteiger partial charge on any atom is -0.375 e. The van der Waals surface area contributed by atoms with Gasteiger partial charge >= 0.3 is 0 Å². The fraction of sp³-hybridized carbons (Fsp3) is 1.00. The minimum atomic E-state index is 0.280. The van der Waals surface area contributed by atoms with Crippen molar-refractivity contribution in [3.63, 3.8) is 0 Å². The molecule has 1 aliphatic carbocycles. The van der Waals surface area contributed by atoms with Gasteiger partial charge < -0.3 is 10.1 Å². The Morgan fingerprint density at radius 3 is 2.79 bits per heavy atom. The van der Waals surface area contributed by atoms with Gasteiger partial charge in [0.25, 0.3) is 0 Å². The lowest BCUT2D eigenvalue weighted by Gasteiger charge is -2.47. The van der Waals surface area contributed by atoms with Crippen molar-refractivity contribution in [3.8, 4) is 0 Å². The number of piperidine rings is 1. The molecular formula is C17H31NO. The lowest BCUT2D eigenvalue weighted by atomic mass is 9.72. The van der Waals surface area contributed by atoms with Crippen LogP contribution in [-0.2, 0) is 4.74 Å². The molecule has 0 aromatic carbocycles. The van der Waals surface area contributed by atoms with Gasteiger partial charge in [-0.25, -0.2) is 0 Å². The highest BCUT2D eigenvalue weighted by Crippen LogP contribution is 2.42. The number of hydrogen-bond donors (Lipinski definition) is 1. The van der Waals surface area contributed by atoms with Gasteiger partial charge in [-0.3, -0.25) is 0 Å². The smallest absolute Gasteiger partial charge is 0.0685 e. The van der Waals surface area contributed by atoms with E-state index in [1.54, 1.807) is 0 Å². The van der Waals surface area contributed by atoms with Crippen molar-refractivity contribution >= 4 is 0 Å². The first-order valence-corrected chi connectivity index (χ1v) is 8.69. The molecular weight excluding hydrogens is 234 g/mol. The van der Waals surface area contributed by atoms with Crippen molar-refractivity contribution in [1.29, 1.82) is 0 Å². The second-order valence-electron chi connectivity index (χ2n) is 7.20. The molecule has 2 heteroatoms. The summed E-state index contributed by atoms with van der Waals surface area (Å²) in [6.45, 7) is 4.62. The maximum absolute atomic E-state index is 6.25. The molecule has 1 spiro atoms. The second-order valence-corrected chi connectivity index (χ2v) is 7.20. The van der Waals surface area contributed by atoms with Crippen molar-refractivity contribution in [2.45, 2.75) is 82.8 Å². The first-order chi connectivity index (χ1) is 9.31. The molecule has 2 heterocycles. The van der Waals surface area contributed by atoms with E-state index < -0.39 is 0 Å². The summed E-state index contributed by atoms with van der Waals surface area (Å²) >= 11 is 0. The molecule has 0 aromatic heterocycles. The normalized spacial score (nSPS) is 39.3. The molecule has 0 amide bonds. The number of hydrogen-bond acceptors (Lipinski definition) is 2. The van der Waals surface area contributed by atoms with Gasteiger partial charge in [-0.1, -0.05) is 32.6 Å². The first kappa shape index (κ1) is 13.9. The number of ether oxygens (including phenoxy) is 1. The van der Waals surface area contributed by atoms with Crippen LogP contribution in [0.4, 0.5) is 0 Å². The predicted molar refractivity (Wildman–Crippen MR) is 79.3 cm³/mol. The van der Waals surface area contributed by atoms with Gasteiger partial charge in [-0.2, -0.15) is 0 Å². The summed E-state index contributed by atoms with van der Waals surface area (Å²) in [7, 11) is 0. The van der Waals surface area contributed by atoms with E-state index in [-0.39, 0.29) is 5.60 Å². The third-order valence-electron chi connectivity index (χ3n) is 5.99. The molecule has 1 N–H and O–H groups in total. The molecule has 19 heavy (non-hydrogen) atoms. The largest absolute Gasteiger partial charge is 0.375 e. The fourth-order valence-electron chi connectivity index (χ4n) is 4.72. The maximum atomic E-state index is 6.25. The van der Waals surface area contributed by atoms with Crippen molar-refractivity contribution in [2.24, 2.45) is 11.8 Å². The quantitative estimate of drug-likeness (QED) is 0.818. The van der Waals surface area contributed by atoms with Gasteiger partial charge in [-0.15, -0.1) is 0 Å². The molecule has 2 nitrogen and oxygen atoms in total. The Labute approximate surface area is 118 Å². The van der Waals surface area contributed by atoms with Crippen LogP contribution in [0.5, 0.6) is 0 Å². The van der Waals surface area contributed by atoms with Gasteiger partial charge in [0, 0.05) is 12.6 Å². The van der Waals surface area contributed by atoms with E-state index in [4.69, 9.17) is 4.74 Å². The van der Waals surface area contributed by atoms with E-state index in [9.17, 15) is 0 Å². The summed E-state index contributed by atoms with van der Waals surface area (Å²) in [5.41, 5.74) is 0.280. The van der Waals surface area contributed by atoms with Crippen molar-refractivity contribution < 1.29 is 4.74 Å². The first-order valence-electron chi connectivity index (χ1n) is 8.69. The molecule has 3 atom stereocenters. The molecule has 0 radical (unpaired) electrons. The molecule has 0 aromatic rings. The van der Waals surface area contributed by atoms with E-state index in [1.807, 2.05) is 0 Å². The van der Waals surface area contributed by atoms with E-state index >= 15 is 0 Å². The summed E-state index contributed by atoms with van der Waals surface area (Å²) in [4.78, 5) is 0. The predicted octanol–water partition coefficient (Wildman–Crippen LogP) is 3.89. The lowest BCUT2D eigenvalue weighted by molar-refractivity contribution is -0.123. The van der Waals surface area contributed by atoms with Crippen LogP contribution in [-0.4, -0.2) is 24.8 Å². The standard InChI is InChI=1S/C17H31NO/c1-2-14-6-10-18-16(12-14)15-7-11-19-17(13-15)8-4-3-5-9-17/h14-16,18H,2-13H2,1H3. The van der Waals surface area contributed by atoms with Crippen LogP contribution in [0.15, 0.2) is 0 Å². The molecule has 3 fully saturated rings. The molecule has 3 aliphatic rings. The van der Waals surface area contributed by atoms with Crippen molar-refractivity contribution in [3.05, 3.63) is 0 Å². The molecule has 1 saturated carbocycles. The second kappa shape index (κ2) is 6.13. The molecule has 110 valence electrons. The Hall–Kier alpha value is -0.0800. The summed E-state index contributed by atoms with van der Waals surface area (Å²) in [6, 6.07) is 0.779. The van der Waals surface area contributed by atoms with Crippen LogP contribution in [0, 0.1) is 11.8 Å². The van der Waals surface area contributed by atoms with E-state index in [0.717, 1.165) is 24.5 Å². The zero-order valence-electron chi connectivity index (χ0n) is 12.6. The maximum Gasteiger partial charge on any atom is 0.0685 e. The van der Waals surface area contributed by atoms with Crippen molar-refractivity contribution in [2.75, 3.05) is 13.2 Å². The third kappa shape index (κ3) is 3.16. The highest BCUT2D eigenvalue weighted by atomic mass is 16.5. The van der Waals surface area contributed by atoms with Gasteiger partial charge in [0.05, 0.1) is 5.60 Å². The van der Waals surface area contributed by atoms with Crippen LogP contribution in [0.25, 0.3) is 0 Å². The van der Waals surface area contributed by atoms with Crippen molar-refractivity contribution in [1.82, 2.24) is 5.32 Å². The van der Waals surface area contributed by atoms with E-state index in [1.165, 1.54) is 70.8 Å². The SMILES string of the molecule is CCC1CCNC(C2CCOC3(CCCCC3)C2)C1. The van der Waals surface area contributed by atoms with Crippen LogP contribution in [0.3, 0.4) is 0 Å². The van der Waals surface area contributed by atoms with Crippen LogP contribution >= 0.6 is 0 Å². The molecule has 2 aliphatic heterocycles. The Kier molecular flexibility index (Phi) is 4.48. The number of rotatable bonds is 2. The Morgan fingerprint density at radius 2 is 2.00 bits per heavy atom. The molecule has 0 bridgehead atoms. The third-order valence-corrected chi connectivity index (χ3v) is 5.99. The van der Waals surface area contributed by atoms with Gasteiger partial charge in [0.1, 0.15) is 0 Å². The Morgan fingerprint density at radius 1 is 1.16 bits per heavy atom. The highest BCUT2D eigenvalue weighted by molar-refractivity contribution is 4.94. The zero-order valence-corrected chi connectivity index (χ0v) is 12.6. The summed E-state index contributed by atoms with van der Waals surface area (Å²) in [6.07, 6.45) is 13.7. The van der Waals surface area contributed by atoms with Crippen LogP contribution < -0.4 is 5.32 Å². The van der Waals surface area contributed by atoms with Gasteiger partial charge in [0.15, 0.2) is 0 Å². The Balaban J connectivity index is 1.61. The zero-order chi connectivity index (χ0) is 13.1. The average Bonchev–Trinajstić information content (AvgIpc) is 2.48. The summed E-state index contributed by atoms with van der Waals surface area (Å²) in [5, 5.41) is 3.82. The lowest BCUT2D eigenvalue weighted by Crippen LogP contribution is -2.50. The monoisotopic (exact) mass is 265 g/mol. The average molecular weight is 265 g/mol. The fourth-order valence-corrected chi connectivity index (χ4v) is 4.72. The van der Waals surface area contributed by atoms with Gasteiger partial charge in [-0.05, 0) is 56.9 Å². The summed E-state index contributed by atoms with van der Waals surface area (Å²) < 4.78 is 6.25. The molecule has 3 rings (SSSR count). The highest BCUT2D eigenvalue weighted by Gasteiger charge is 2.41.